The lowest BCUT2D eigenvalue weighted by molar-refractivity contribution is 0.256. The number of aromatic nitrogens is 1. The van der Waals surface area contributed by atoms with E-state index in [-0.39, 0.29) is 0 Å². The molecule has 0 saturated heterocycles. The van der Waals surface area contributed by atoms with Gasteiger partial charge in [0, 0.05) is 30.1 Å². The molecule has 112 valence electrons. The molecule has 3 nitrogen and oxygen atoms in total. The van der Waals surface area contributed by atoms with Crippen LogP contribution in [0, 0.1) is 9.49 Å². The second-order valence-electron chi connectivity index (χ2n) is 5.67. The number of hydrogen-bond acceptors (Lipinski definition) is 3. The van der Waals surface area contributed by atoms with Crippen LogP contribution in [0.25, 0.3) is 10.9 Å². The van der Waals surface area contributed by atoms with Crippen molar-refractivity contribution in [2.45, 2.75) is 25.8 Å². The summed E-state index contributed by atoms with van der Waals surface area (Å²) < 4.78 is 7.06. The molecule has 2 aromatic rings. The highest BCUT2D eigenvalue weighted by Gasteiger charge is 2.21. The number of hydrogen-bond donors (Lipinski definition) is 1. The fraction of sp³-hybridized carbons (Fsp3) is 0.438. The lowest BCUT2D eigenvalue weighted by atomic mass is 10.2. The van der Waals surface area contributed by atoms with Gasteiger partial charge in [0.05, 0.1) is 15.2 Å². The van der Waals surface area contributed by atoms with Gasteiger partial charge in [0.1, 0.15) is 5.52 Å². The summed E-state index contributed by atoms with van der Waals surface area (Å²) in [4.78, 5) is 4.44. The molecule has 0 bridgehead atoms. The Morgan fingerprint density at radius 3 is 3.10 bits per heavy atom. The van der Waals surface area contributed by atoms with Gasteiger partial charge in [-0.2, -0.15) is 0 Å². The molecule has 1 aromatic heterocycles. The predicted octanol–water partition coefficient (Wildman–Crippen LogP) is 4.26. The van der Waals surface area contributed by atoms with E-state index in [4.69, 9.17) is 16.3 Å². The first-order valence-electron chi connectivity index (χ1n) is 7.24. The van der Waals surface area contributed by atoms with Crippen molar-refractivity contribution in [3.05, 3.63) is 33.0 Å². The minimum atomic E-state index is 0.468. The highest BCUT2D eigenvalue weighted by molar-refractivity contribution is 14.1. The Hall–Kier alpha value is -0.590. The van der Waals surface area contributed by atoms with Crippen LogP contribution >= 0.6 is 34.2 Å². The highest BCUT2D eigenvalue weighted by Crippen LogP contribution is 2.34. The van der Waals surface area contributed by atoms with Crippen LogP contribution in [0.5, 0.6) is 5.75 Å². The lowest BCUT2D eigenvalue weighted by Crippen LogP contribution is -2.26. The van der Waals surface area contributed by atoms with Crippen LogP contribution in [0.15, 0.2) is 24.4 Å². The molecule has 1 N–H and O–H groups in total. The summed E-state index contributed by atoms with van der Waals surface area (Å²) >= 11 is 8.54. The number of fused-ring (bicyclic) bond motifs is 1. The van der Waals surface area contributed by atoms with Crippen LogP contribution < -0.4 is 10.1 Å². The first kappa shape index (κ1) is 15.3. The van der Waals surface area contributed by atoms with Gasteiger partial charge in [-0.05, 0) is 53.6 Å². The van der Waals surface area contributed by atoms with E-state index in [2.05, 4.69) is 39.8 Å². The smallest absolute Gasteiger partial charge is 0.158 e. The van der Waals surface area contributed by atoms with E-state index in [0.717, 1.165) is 37.8 Å². The first-order valence-corrected chi connectivity index (χ1v) is 8.69. The van der Waals surface area contributed by atoms with Crippen molar-refractivity contribution in [3.8, 4) is 5.75 Å². The molecule has 1 heterocycles. The van der Waals surface area contributed by atoms with Crippen molar-refractivity contribution in [1.82, 2.24) is 10.3 Å². The molecule has 5 heteroatoms. The van der Waals surface area contributed by atoms with E-state index in [1.54, 1.807) is 6.20 Å². The fourth-order valence-corrected chi connectivity index (χ4v) is 3.39. The summed E-state index contributed by atoms with van der Waals surface area (Å²) in [6.07, 6.45) is 4.41. The zero-order valence-corrected chi connectivity index (χ0v) is 14.8. The standard InChI is InChI=1S/C16H18ClIN2O/c1-10(8-20-11-4-5-11)9-21-16-14(18)7-13(17)12-3-2-6-19-15(12)16/h2-3,6-7,10-11,20H,4-5,8-9H2,1H3. The molecule has 21 heavy (non-hydrogen) atoms. The number of ether oxygens (including phenoxy) is 1. The molecular weight excluding hydrogens is 399 g/mol. The summed E-state index contributed by atoms with van der Waals surface area (Å²) in [7, 11) is 0. The normalized spacial score (nSPS) is 16.1. The maximum Gasteiger partial charge on any atom is 0.158 e. The summed E-state index contributed by atoms with van der Waals surface area (Å²) in [5, 5.41) is 5.20. The van der Waals surface area contributed by atoms with Crippen molar-refractivity contribution in [2.24, 2.45) is 5.92 Å². The van der Waals surface area contributed by atoms with E-state index in [1.165, 1.54) is 12.8 Å². The predicted molar refractivity (Wildman–Crippen MR) is 95.2 cm³/mol. The molecule has 1 atom stereocenters. The van der Waals surface area contributed by atoms with Crippen molar-refractivity contribution < 1.29 is 4.74 Å². The van der Waals surface area contributed by atoms with Crippen LogP contribution in [-0.4, -0.2) is 24.2 Å². The first-order chi connectivity index (χ1) is 10.1. The maximum absolute atomic E-state index is 6.28. The van der Waals surface area contributed by atoms with Gasteiger partial charge in [0.25, 0.3) is 0 Å². The molecule has 0 spiro atoms. The van der Waals surface area contributed by atoms with Crippen LogP contribution in [0.3, 0.4) is 0 Å². The topological polar surface area (TPSA) is 34.1 Å². The second-order valence-corrected chi connectivity index (χ2v) is 7.24. The van der Waals surface area contributed by atoms with Crippen LogP contribution in [0.4, 0.5) is 0 Å². The van der Waals surface area contributed by atoms with Crippen molar-refractivity contribution in [1.29, 1.82) is 0 Å². The van der Waals surface area contributed by atoms with Crippen LogP contribution in [0.1, 0.15) is 19.8 Å². The van der Waals surface area contributed by atoms with Gasteiger partial charge < -0.3 is 10.1 Å². The molecule has 0 radical (unpaired) electrons. The quantitative estimate of drug-likeness (QED) is 0.715. The minimum absolute atomic E-state index is 0.468. The van der Waals surface area contributed by atoms with Gasteiger partial charge in [-0.3, -0.25) is 4.98 Å². The third-order valence-corrected chi connectivity index (χ3v) is 4.71. The average Bonchev–Trinajstić information content (AvgIpc) is 3.29. The Labute approximate surface area is 143 Å². The number of rotatable bonds is 6. The number of nitrogens with zero attached hydrogens (tertiary/aromatic N) is 1. The SMILES string of the molecule is CC(CNC1CC1)COc1c(I)cc(Cl)c2cccnc12. The number of pyridine rings is 1. The largest absolute Gasteiger partial charge is 0.490 e. The van der Waals surface area contributed by atoms with Crippen LogP contribution in [0.2, 0.25) is 5.02 Å². The molecule has 1 fully saturated rings. The molecular formula is C16H18ClIN2O. The molecule has 0 amide bonds. The van der Waals surface area contributed by atoms with Crippen LogP contribution in [-0.2, 0) is 0 Å². The third kappa shape index (κ3) is 3.79. The maximum atomic E-state index is 6.28. The van der Waals surface area contributed by atoms with Gasteiger partial charge in [0.2, 0.25) is 0 Å². The molecule has 0 aliphatic heterocycles. The zero-order chi connectivity index (χ0) is 14.8. The fourth-order valence-electron chi connectivity index (χ4n) is 2.22. The molecule has 1 aromatic carbocycles. The minimum Gasteiger partial charge on any atom is -0.490 e. The lowest BCUT2D eigenvalue weighted by Gasteiger charge is -2.16. The Kier molecular flexibility index (Phi) is 4.86. The van der Waals surface area contributed by atoms with Gasteiger partial charge >= 0.3 is 0 Å². The zero-order valence-electron chi connectivity index (χ0n) is 11.9. The molecule has 1 aliphatic carbocycles. The molecule has 1 saturated carbocycles. The van der Waals surface area contributed by atoms with Gasteiger partial charge in [-0.1, -0.05) is 18.5 Å². The Morgan fingerprint density at radius 2 is 2.33 bits per heavy atom. The molecule has 1 unspecified atom stereocenters. The summed E-state index contributed by atoms with van der Waals surface area (Å²) in [6.45, 7) is 3.89. The van der Waals surface area contributed by atoms with Gasteiger partial charge in [-0.15, -0.1) is 0 Å². The molecule has 1 aliphatic rings. The van der Waals surface area contributed by atoms with Crippen molar-refractivity contribution >= 4 is 45.1 Å². The van der Waals surface area contributed by atoms with E-state index in [9.17, 15) is 0 Å². The summed E-state index contributed by atoms with van der Waals surface area (Å²) in [5.41, 5.74) is 0.844. The van der Waals surface area contributed by atoms with E-state index < -0.39 is 0 Å². The Balaban J connectivity index is 1.73. The van der Waals surface area contributed by atoms with Crippen molar-refractivity contribution in [2.75, 3.05) is 13.2 Å². The third-order valence-electron chi connectivity index (χ3n) is 3.59. The number of halogens is 2. The van der Waals surface area contributed by atoms with E-state index in [0.29, 0.717) is 12.5 Å². The van der Waals surface area contributed by atoms with Gasteiger partial charge in [0.15, 0.2) is 5.75 Å². The summed E-state index contributed by atoms with van der Waals surface area (Å²) in [5.74, 6) is 1.31. The average molecular weight is 417 g/mol. The Bertz CT molecular complexity index is 645. The second kappa shape index (κ2) is 6.67. The highest BCUT2D eigenvalue weighted by atomic mass is 127. The number of nitrogens with one attached hydrogen (secondary N) is 1. The van der Waals surface area contributed by atoms with E-state index in [1.807, 2.05) is 18.2 Å². The van der Waals surface area contributed by atoms with E-state index >= 15 is 0 Å². The van der Waals surface area contributed by atoms with Crippen molar-refractivity contribution in [3.63, 3.8) is 0 Å². The number of benzene rings is 1. The monoisotopic (exact) mass is 416 g/mol. The summed E-state index contributed by atoms with van der Waals surface area (Å²) in [6, 6.07) is 6.55. The van der Waals surface area contributed by atoms with Gasteiger partial charge in [-0.25, -0.2) is 0 Å². The molecule has 3 rings (SSSR count). The Morgan fingerprint density at radius 1 is 1.52 bits per heavy atom.